The molecule has 0 radical (unpaired) electrons. The Kier molecular flexibility index (Phi) is 9.51. The lowest BCUT2D eigenvalue weighted by Gasteiger charge is -2.26. The molecule has 0 saturated heterocycles. The second-order valence-electron chi connectivity index (χ2n) is 5.64. The zero-order valence-electron chi connectivity index (χ0n) is 13.5. The minimum absolute atomic E-state index is 0. The topological polar surface area (TPSA) is 68.0 Å². The van der Waals surface area contributed by atoms with Crippen molar-refractivity contribution >= 4 is 46.7 Å². The molecule has 0 fully saturated rings. The number of aromatic nitrogens is 1. The molecule has 24 heavy (non-hydrogen) atoms. The van der Waals surface area contributed by atoms with Crippen molar-refractivity contribution in [2.45, 2.75) is 31.8 Å². The molecule has 1 aromatic carbocycles. The Labute approximate surface area is 163 Å². The van der Waals surface area contributed by atoms with E-state index in [0.717, 1.165) is 22.0 Å². The average molecular weight is 435 g/mol. The van der Waals surface area contributed by atoms with Gasteiger partial charge in [0.15, 0.2) is 0 Å². The largest absolute Gasteiger partial charge is 0.351 e. The number of nitrogens with two attached hydrogens (primary N) is 1. The molecular weight excluding hydrogens is 413 g/mol. The standard InChI is InChI=1S/C17H20BrN3O.2ClH/c1-12(11-13-7-9-20-10-8-13)21-16(22)17(2,19)14-3-5-15(18)6-4-14;;/h3-10,12H,11,19H2,1-2H3,(H,21,22);2*1H. The van der Waals surface area contributed by atoms with Crippen LogP contribution in [0, 0.1) is 0 Å². The van der Waals surface area contributed by atoms with Crippen LogP contribution < -0.4 is 11.1 Å². The van der Waals surface area contributed by atoms with Gasteiger partial charge in [-0.05, 0) is 55.7 Å². The Morgan fingerprint density at radius 1 is 1.21 bits per heavy atom. The van der Waals surface area contributed by atoms with Crippen LogP contribution in [0.5, 0.6) is 0 Å². The second kappa shape index (κ2) is 9.99. The van der Waals surface area contributed by atoms with E-state index in [1.54, 1.807) is 19.3 Å². The number of pyridine rings is 1. The van der Waals surface area contributed by atoms with E-state index in [9.17, 15) is 4.79 Å². The van der Waals surface area contributed by atoms with Crippen molar-refractivity contribution in [2.24, 2.45) is 5.73 Å². The number of nitrogens with one attached hydrogen (secondary N) is 1. The van der Waals surface area contributed by atoms with Gasteiger partial charge in [0.25, 0.3) is 0 Å². The Balaban J connectivity index is 0.00000264. The van der Waals surface area contributed by atoms with Crippen molar-refractivity contribution in [3.8, 4) is 0 Å². The summed E-state index contributed by atoms with van der Waals surface area (Å²) in [5, 5.41) is 2.99. The molecule has 4 nitrogen and oxygen atoms in total. The molecule has 2 aromatic rings. The SMILES string of the molecule is CC(Cc1ccncc1)NC(=O)C(C)(N)c1ccc(Br)cc1.Cl.Cl. The third-order valence-electron chi connectivity index (χ3n) is 3.58. The highest BCUT2D eigenvalue weighted by Gasteiger charge is 2.31. The lowest BCUT2D eigenvalue weighted by Crippen LogP contribution is -2.51. The maximum atomic E-state index is 12.5. The number of hydrogen-bond acceptors (Lipinski definition) is 3. The zero-order chi connectivity index (χ0) is 16.2. The third-order valence-corrected chi connectivity index (χ3v) is 4.11. The van der Waals surface area contributed by atoms with Gasteiger partial charge in [-0.1, -0.05) is 28.1 Å². The molecule has 0 aliphatic carbocycles. The summed E-state index contributed by atoms with van der Waals surface area (Å²) >= 11 is 3.38. The van der Waals surface area contributed by atoms with Crippen molar-refractivity contribution in [1.29, 1.82) is 0 Å². The van der Waals surface area contributed by atoms with E-state index >= 15 is 0 Å². The number of benzene rings is 1. The molecule has 0 aliphatic rings. The first-order valence-corrected chi connectivity index (χ1v) is 7.93. The molecule has 0 spiro atoms. The Hall–Kier alpha value is -1.14. The summed E-state index contributed by atoms with van der Waals surface area (Å²) in [5.74, 6) is -0.184. The highest BCUT2D eigenvalue weighted by atomic mass is 79.9. The predicted octanol–water partition coefficient (Wildman–Crippen LogP) is 3.61. The molecule has 1 amide bonds. The number of carbonyl (C=O) groups is 1. The van der Waals surface area contributed by atoms with Gasteiger partial charge in [-0.15, -0.1) is 24.8 Å². The van der Waals surface area contributed by atoms with E-state index in [4.69, 9.17) is 5.73 Å². The summed E-state index contributed by atoms with van der Waals surface area (Å²) in [4.78, 5) is 16.5. The highest BCUT2D eigenvalue weighted by molar-refractivity contribution is 9.10. The van der Waals surface area contributed by atoms with E-state index < -0.39 is 5.54 Å². The van der Waals surface area contributed by atoms with E-state index in [2.05, 4.69) is 26.2 Å². The molecule has 7 heteroatoms. The minimum atomic E-state index is -1.06. The first kappa shape index (κ1) is 22.9. The molecule has 1 aromatic heterocycles. The summed E-state index contributed by atoms with van der Waals surface area (Å²) in [6.45, 7) is 3.70. The quantitative estimate of drug-likeness (QED) is 0.755. The van der Waals surface area contributed by atoms with Gasteiger partial charge in [-0.25, -0.2) is 0 Å². The molecule has 2 unspecified atom stereocenters. The summed E-state index contributed by atoms with van der Waals surface area (Å²) in [7, 11) is 0. The lowest BCUT2D eigenvalue weighted by atomic mass is 9.92. The van der Waals surface area contributed by atoms with E-state index in [1.165, 1.54) is 0 Å². The maximum absolute atomic E-state index is 12.5. The van der Waals surface area contributed by atoms with Crippen LogP contribution >= 0.6 is 40.7 Å². The van der Waals surface area contributed by atoms with Gasteiger partial charge in [0.05, 0.1) is 0 Å². The number of halogens is 3. The molecule has 1 heterocycles. The molecule has 2 rings (SSSR count). The smallest absolute Gasteiger partial charge is 0.244 e. The van der Waals surface area contributed by atoms with Crippen LogP contribution in [0.4, 0.5) is 0 Å². The van der Waals surface area contributed by atoms with Crippen LogP contribution in [-0.4, -0.2) is 16.9 Å². The lowest BCUT2D eigenvalue weighted by molar-refractivity contribution is -0.126. The van der Waals surface area contributed by atoms with Crippen LogP contribution in [0.1, 0.15) is 25.0 Å². The number of rotatable bonds is 5. The fourth-order valence-corrected chi connectivity index (χ4v) is 2.49. The number of hydrogen-bond donors (Lipinski definition) is 2. The van der Waals surface area contributed by atoms with Crippen LogP contribution in [0.3, 0.4) is 0 Å². The second-order valence-corrected chi connectivity index (χ2v) is 6.56. The van der Waals surface area contributed by atoms with Crippen LogP contribution in [0.25, 0.3) is 0 Å². The predicted molar refractivity (Wildman–Crippen MR) is 106 cm³/mol. The monoisotopic (exact) mass is 433 g/mol. The van der Waals surface area contributed by atoms with Crippen LogP contribution in [0.15, 0.2) is 53.3 Å². The number of carbonyl (C=O) groups excluding carboxylic acids is 1. The highest BCUT2D eigenvalue weighted by Crippen LogP contribution is 2.21. The zero-order valence-corrected chi connectivity index (χ0v) is 16.7. The molecule has 3 N–H and O–H groups in total. The minimum Gasteiger partial charge on any atom is -0.351 e. The van der Waals surface area contributed by atoms with Crippen molar-refractivity contribution in [2.75, 3.05) is 0 Å². The Bertz CT molecular complexity index is 636. The Morgan fingerprint density at radius 2 is 1.75 bits per heavy atom. The van der Waals surface area contributed by atoms with Gasteiger partial charge < -0.3 is 11.1 Å². The Morgan fingerprint density at radius 3 is 2.29 bits per heavy atom. The van der Waals surface area contributed by atoms with Crippen molar-refractivity contribution < 1.29 is 4.79 Å². The van der Waals surface area contributed by atoms with E-state index in [-0.39, 0.29) is 36.8 Å². The van der Waals surface area contributed by atoms with Crippen molar-refractivity contribution in [1.82, 2.24) is 10.3 Å². The van der Waals surface area contributed by atoms with Crippen molar-refractivity contribution in [3.05, 3.63) is 64.4 Å². The van der Waals surface area contributed by atoms with Gasteiger partial charge in [0, 0.05) is 22.9 Å². The molecule has 0 saturated carbocycles. The molecule has 0 bridgehead atoms. The third kappa shape index (κ3) is 6.06. The maximum Gasteiger partial charge on any atom is 0.244 e. The molecule has 132 valence electrons. The van der Waals surface area contributed by atoms with Gasteiger partial charge >= 0.3 is 0 Å². The molecular formula is C17H22BrCl2N3O. The normalized spacial score (nSPS) is 13.7. The van der Waals surface area contributed by atoms with E-state index in [0.29, 0.717) is 0 Å². The van der Waals surface area contributed by atoms with Gasteiger partial charge in [0.1, 0.15) is 5.54 Å². The summed E-state index contributed by atoms with van der Waals surface area (Å²) in [6, 6.07) is 11.4. The van der Waals surface area contributed by atoms with Gasteiger partial charge in [-0.2, -0.15) is 0 Å². The summed E-state index contributed by atoms with van der Waals surface area (Å²) in [6.07, 6.45) is 4.24. The summed E-state index contributed by atoms with van der Waals surface area (Å²) in [5.41, 5.74) is 7.09. The van der Waals surface area contributed by atoms with Crippen LogP contribution in [-0.2, 0) is 16.8 Å². The summed E-state index contributed by atoms with van der Waals surface area (Å²) < 4.78 is 0.957. The average Bonchev–Trinajstić information content (AvgIpc) is 2.48. The number of amides is 1. The van der Waals surface area contributed by atoms with E-state index in [1.807, 2.05) is 43.3 Å². The first-order valence-electron chi connectivity index (χ1n) is 7.14. The van der Waals surface area contributed by atoms with Gasteiger partial charge in [0.2, 0.25) is 5.91 Å². The van der Waals surface area contributed by atoms with Crippen molar-refractivity contribution in [3.63, 3.8) is 0 Å². The van der Waals surface area contributed by atoms with Crippen LogP contribution in [0.2, 0.25) is 0 Å². The van der Waals surface area contributed by atoms with Gasteiger partial charge in [-0.3, -0.25) is 9.78 Å². The number of nitrogens with zero attached hydrogens (tertiary/aromatic N) is 1. The molecule has 0 aliphatic heterocycles. The molecule has 2 atom stereocenters. The fourth-order valence-electron chi connectivity index (χ4n) is 2.22. The first-order chi connectivity index (χ1) is 10.4. The fraction of sp³-hybridized carbons (Fsp3) is 0.294.